The van der Waals surface area contributed by atoms with Gasteiger partial charge in [0.2, 0.25) is 0 Å². The molecule has 0 radical (unpaired) electrons. The summed E-state index contributed by atoms with van der Waals surface area (Å²) in [4.78, 5) is 23.7. The molecule has 2 amide bonds. The third kappa shape index (κ3) is 5.73. The van der Waals surface area contributed by atoms with Gasteiger partial charge in [-0.05, 0) is 17.9 Å². The van der Waals surface area contributed by atoms with Crippen molar-refractivity contribution in [1.29, 1.82) is 0 Å². The van der Waals surface area contributed by atoms with E-state index in [1.54, 1.807) is 7.05 Å². The average molecular weight is 278 g/mol. The SMILES string of the molecule is CC(CNC(=O)N(C)CCCC(=O)O)c1ccccc1. The monoisotopic (exact) mass is 278 g/mol. The standard InChI is InChI=1S/C15H22N2O3/c1-12(13-7-4-3-5-8-13)11-16-15(20)17(2)10-6-9-14(18)19/h3-5,7-8,12H,6,9-11H2,1-2H3,(H,16,20)(H,18,19). The Balaban J connectivity index is 2.30. The Bertz CT molecular complexity index is 434. The number of aliphatic carboxylic acids is 1. The van der Waals surface area contributed by atoms with Gasteiger partial charge >= 0.3 is 12.0 Å². The lowest BCUT2D eigenvalue weighted by molar-refractivity contribution is -0.137. The molecule has 0 heterocycles. The van der Waals surface area contributed by atoms with Crippen LogP contribution in [0.4, 0.5) is 4.79 Å². The molecule has 2 N–H and O–H groups in total. The molecular weight excluding hydrogens is 256 g/mol. The molecule has 0 aliphatic heterocycles. The number of carbonyl (C=O) groups excluding carboxylic acids is 1. The summed E-state index contributed by atoms with van der Waals surface area (Å²) in [5.41, 5.74) is 1.18. The van der Waals surface area contributed by atoms with E-state index in [0.29, 0.717) is 19.5 Å². The first-order chi connectivity index (χ1) is 9.50. The zero-order chi connectivity index (χ0) is 15.0. The van der Waals surface area contributed by atoms with Gasteiger partial charge in [0.25, 0.3) is 0 Å². The highest BCUT2D eigenvalue weighted by Gasteiger charge is 2.11. The van der Waals surface area contributed by atoms with Gasteiger partial charge in [0.1, 0.15) is 0 Å². The number of nitrogens with zero attached hydrogens (tertiary/aromatic N) is 1. The van der Waals surface area contributed by atoms with Crippen LogP contribution < -0.4 is 5.32 Å². The first-order valence-electron chi connectivity index (χ1n) is 6.76. The van der Waals surface area contributed by atoms with E-state index in [9.17, 15) is 9.59 Å². The summed E-state index contributed by atoms with van der Waals surface area (Å²) < 4.78 is 0. The van der Waals surface area contributed by atoms with Crippen molar-refractivity contribution in [2.24, 2.45) is 0 Å². The molecule has 5 nitrogen and oxygen atoms in total. The Kier molecular flexibility index (Phi) is 6.56. The highest BCUT2D eigenvalue weighted by Crippen LogP contribution is 2.13. The van der Waals surface area contributed by atoms with E-state index in [1.807, 2.05) is 30.3 Å². The van der Waals surface area contributed by atoms with E-state index in [4.69, 9.17) is 5.11 Å². The molecule has 0 saturated carbocycles. The molecule has 0 bridgehead atoms. The van der Waals surface area contributed by atoms with Crippen LogP contribution in [0.3, 0.4) is 0 Å². The maximum Gasteiger partial charge on any atom is 0.317 e. The molecular formula is C15H22N2O3. The van der Waals surface area contributed by atoms with Crippen molar-refractivity contribution in [3.8, 4) is 0 Å². The molecule has 0 saturated heterocycles. The normalized spacial score (nSPS) is 11.7. The Morgan fingerprint density at radius 1 is 1.30 bits per heavy atom. The van der Waals surface area contributed by atoms with Crippen molar-refractivity contribution in [1.82, 2.24) is 10.2 Å². The second kappa shape index (κ2) is 8.19. The van der Waals surface area contributed by atoms with Crippen molar-refractivity contribution in [2.45, 2.75) is 25.7 Å². The van der Waals surface area contributed by atoms with E-state index in [-0.39, 0.29) is 18.4 Å². The predicted molar refractivity (Wildman–Crippen MR) is 77.8 cm³/mol. The zero-order valence-corrected chi connectivity index (χ0v) is 12.0. The van der Waals surface area contributed by atoms with Gasteiger partial charge in [0.05, 0.1) is 0 Å². The van der Waals surface area contributed by atoms with Crippen LogP contribution in [0, 0.1) is 0 Å². The lowest BCUT2D eigenvalue weighted by Gasteiger charge is -2.19. The number of nitrogens with one attached hydrogen (secondary N) is 1. The number of hydrogen-bond donors (Lipinski definition) is 2. The minimum absolute atomic E-state index is 0.0814. The summed E-state index contributed by atoms with van der Waals surface area (Å²) in [7, 11) is 1.67. The fourth-order valence-electron chi connectivity index (χ4n) is 1.84. The molecule has 0 aromatic heterocycles. The number of carboxylic acid groups (broad SMARTS) is 1. The van der Waals surface area contributed by atoms with Crippen LogP contribution in [0.5, 0.6) is 0 Å². The molecule has 0 aliphatic rings. The maximum absolute atomic E-state index is 11.8. The number of carbonyl (C=O) groups is 2. The Hall–Kier alpha value is -2.04. The first kappa shape index (κ1) is 16.0. The molecule has 1 aromatic rings. The lowest BCUT2D eigenvalue weighted by atomic mass is 10.0. The second-order valence-electron chi connectivity index (χ2n) is 4.92. The average Bonchev–Trinajstić information content (AvgIpc) is 2.44. The van der Waals surface area contributed by atoms with Crippen LogP contribution in [0.1, 0.15) is 31.2 Å². The summed E-state index contributed by atoms with van der Waals surface area (Å²) in [6.07, 6.45) is 0.547. The zero-order valence-electron chi connectivity index (χ0n) is 12.0. The molecule has 0 spiro atoms. The van der Waals surface area contributed by atoms with E-state index >= 15 is 0 Å². The lowest BCUT2D eigenvalue weighted by Crippen LogP contribution is -2.39. The Morgan fingerprint density at radius 3 is 2.55 bits per heavy atom. The highest BCUT2D eigenvalue weighted by molar-refractivity contribution is 5.74. The van der Waals surface area contributed by atoms with Crippen molar-refractivity contribution < 1.29 is 14.7 Å². The van der Waals surface area contributed by atoms with Crippen molar-refractivity contribution in [2.75, 3.05) is 20.1 Å². The molecule has 0 aliphatic carbocycles. The van der Waals surface area contributed by atoms with Gasteiger partial charge in [0.15, 0.2) is 0 Å². The Morgan fingerprint density at radius 2 is 1.95 bits per heavy atom. The fourth-order valence-corrected chi connectivity index (χ4v) is 1.84. The maximum atomic E-state index is 11.8. The third-order valence-electron chi connectivity index (χ3n) is 3.16. The summed E-state index contributed by atoms with van der Waals surface area (Å²) in [6.45, 7) is 3.06. The van der Waals surface area contributed by atoms with Crippen LogP contribution in [0.25, 0.3) is 0 Å². The smallest absolute Gasteiger partial charge is 0.317 e. The molecule has 0 fully saturated rings. The summed E-state index contributed by atoms with van der Waals surface area (Å²) in [5.74, 6) is -0.593. The minimum Gasteiger partial charge on any atom is -0.481 e. The first-order valence-corrected chi connectivity index (χ1v) is 6.76. The van der Waals surface area contributed by atoms with Gasteiger partial charge in [-0.1, -0.05) is 37.3 Å². The number of benzene rings is 1. The number of hydrogen-bond acceptors (Lipinski definition) is 2. The molecule has 5 heteroatoms. The predicted octanol–water partition coefficient (Wildman–Crippen LogP) is 2.30. The number of urea groups is 1. The third-order valence-corrected chi connectivity index (χ3v) is 3.16. The van der Waals surface area contributed by atoms with Gasteiger partial charge in [0, 0.05) is 26.6 Å². The summed E-state index contributed by atoms with van der Waals surface area (Å²) >= 11 is 0. The molecule has 1 aromatic carbocycles. The van der Waals surface area contributed by atoms with Crippen molar-refractivity contribution in [3.63, 3.8) is 0 Å². The fraction of sp³-hybridized carbons (Fsp3) is 0.467. The molecule has 1 unspecified atom stereocenters. The Labute approximate surface area is 119 Å². The number of amides is 2. The van der Waals surface area contributed by atoms with Crippen LogP contribution in [-0.4, -0.2) is 42.1 Å². The van der Waals surface area contributed by atoms with Gasteiger partial charge in [-0.2, -0.15) is 0 Å². The number of carboxylic acids is 1. The summed E-state index contributed by atoms with van der Waals surface area (Å²) in [6, 6.07) is 9.82. The van der Waals surface area contributed by atoms with E-state index in [2.05, 4.69) is 12.2 Å². The molecule has 110 valence electrons. The van der Waals surface area contributed by atoms with Crippen LogP contribution >= 0.6 is 0 Å². The van der Waals surface area contributed by atoms with E-state index in [1.165, 1.54) is 10.5 Å². The van der Waals surface area contributed by atoms with Crippen LogP contribution in [0.15, 0.2) is 30.3 Å². The minimum atomic E-state index is -0.837. The van der Waals surface area contributed by atoms with Crippen LogP contribution in [0.2, 0.25) is 0 Å². The van der Waals surface area contributed by atoms with Gasteiger partial charge in [-0.15, -0.1) is 0 Å². The largest absolute Gasteiger partial charge is 0.481 e. The van der Waals surface area contributed by atoms with Crippen molar-refractivity contribution in [3.05, 3.63) is 35.9 Å². The summed E-state index contributed by atoms with van der Waals surface area (Å²) in [5, 5.41) is 11.4. The molecule has 1 rings (SSSR count). The highest BCUT2D eigenvalue weighted by atomic mass is 16.4. The van der Waals surface area contributed by atoms with Crippen molar-refractivity contribution >= 4 is 12.0 Å². The number of rotatable bonds is 7. The quantitative estimate of drug-likeness (QED) is 0.804. The van der Waals surface area contributed by atoms with E-state index in [0.717, 1.165) is 0 Å². The van der Waals surface area contributed by atoms with E-state index < -0.39 is 5.97 Å². The topological polar surface area (TPSA) is 69.6 Å². The molecule has 1 atom stereocenters. The van der Waals surface area contributed by atoms with Crippen LogP contribution in [-0.2, 0) is 4.79 Å². The van der Waals surface area contributed by atoms with Gasteiger partial charge in [-0.3, -0.25) is 4.79 Å². The molecule has 20 heavy (non-hydrogen) atoms. The second-order valence-corrected chi connectivity index (χ2v) is 4.92. The van der Waals surface area contributed by atoms with Gasteiger partial charge in [-0.25, -0.2) is 4.79 Å². The van der Waals surface area contributed by atoms with Gasteiger partial charge < -0.3 is 15.3 Å².